The lowest BCUT2D eigenvalue weighted by molar-refractivity contribution is -0.140. The Kier molecular flexibility index (Phi) is 7.28. The van der Waals surface area contributed by atoms with Crippen molar-refractivity contribution in [2.24, 2.45) is 0 Å². The van der Waals surface area contributed by atoms with Crippen LogP contribution in [-0.4, -0.2) is 68.8 Å². The highest BCUT2D eigenvalue weighted by Gasteiger charge is 2.36. The molecule has 2 atom stereocenters. The molecule has 3 aromatic rings. The predicted molar refractivity (Wildman–Crippen MR) is 132 cm³/mol. The number of aliphatic hydroxyl groups excluding tert-OH is 1. The Bertz CT molecular complexity index is 1300. The molecule has 1 aromatic carbocycles. The van der Waals surface area contributed by atoms with E-state index in [-0.39, 0.29) is 23.8 Å². The molecule has 0 radical (unpaired) electrons. The van der Waals surface area contributed by atoms with E-state index in [2.05, 4.69) is 25.2 Å². The number of benzene rings is 1. The van der Waals surface area contributed by atoms with Gasteiger partial charge in [-0.3, -0.25) is 9.69 Å². The number of carbonyl (C=O) groups excluding carboxylic acids is 1. The Morgan fingerprint density at radius 2 is 1.97 bits per heavy atom. The highest BCUT2D eigenvalue weighted by molar-refractivity contribution is 5.96. The number of likely N-dealkylation sites (tertiary alicyclic amines) is 1. The number of amides is 1. The van der Waals surface area contributed by atoms with E-state index in [1.54, 1.807) is 6.07 Å². The Morgan fingerprint density at radius 3 is 2.68 bits per heavy atom. The molecule has 0 aliphatic carbocycles. The van der Waals surface area contributed by atoms with Crippen LogP contribution in [0.5, 0.6) is 0 Å². The standard InChI is InChI=1S/C26H30F4N6O2/c1-16(20-5-2-6-21(23(20)27)26(28,29)30)33-25(38)17-12-22(24-31-15-32-36(24)13-17)34-10-7-18(8-11-34)35-9-3-4-19(35)14-37/h2,5-6,12-13,15-16,18-19,37H,3-4,7-11,14H2,1H3,(H,33,38)/t16-,19+/m1/s1. The first-order valence-corrected chi connectivity index (χ1v) is 12.8. The zero-order chi connectivity index (χ0) is 27.0. The molecule has 2 saturated heterocycles. The lowest BCUT2D eigenvalue weighted by Crippen LogP contribution is -2.47. The van der Waals surface area contributed by atoms with Crippen LogP contribution in [0, 0.1) is 5.82 Å². The summed E-state index contributed by atoms with van der Waals surface area (Å²) >= 11 is 0. The maximum Gasteiger partial charge on any atom is 0.419 e. The summed E-state index contributed by atoms with van der Waals surface area (Å²) in [6.07, 6.45) is 1.96. The number of hydrogen-bond acceptors (Lipinski definition) is 6. The number of pyridine rings is 1. The number of carbonyl (C=O) groups is 1. The zero-order valence-corrected chi connectivity index (χ0v) is 21.0. The molecule has 0 saturated carbocycles. The van der Waals surface area contributed by atoms with Gasteiger partial charge >= 0.3 is 6.18 Å². The molecular weight excluding hydrogens is 504 g/mol. The van der Waals surface area contributed by atoms with Gasteiger partial charge in [0.25, 0.3) is 5.91 Å². The summed E-state index contributed by atoms with van der Waals surface area (Å²) in [7, 11) is 0. The van der Waals surface area contributed by atoms with Crippen LogP contribution in [0.4, 0.5) is 23.2 Å². The molecule has 12 heteroatoms. The van der Waals surface area contributed by atoms with Gasteiger partial charge in [-0.1, -0.05) is 12.1 Å². The Morgan fingerprint density at radius 1 is 1.21 bits per heavy atom. The van der Waals surface area contributed by atoms with Crippen LogP contribution in [0.1, 0.15) is 60.1 Å². The highest BCUT2D eigenvalue weighted by Crippen LogP contribution is 2.34. The van der Waals surface area contributed by atoms with Crippen LogP contribution >= 0.6 is 0 Å². The van der Waals surface area contributed by atoms with Crippen LogP contribution in [0.3, 0.4) is 0 Å². The van der Waals surface area contributed by atoms with Crippen molar-refractivity contribution in [3.63, 3.8) is 0 Å². The molecule has 2 aliphatic rings. The molecule has 2 fully saturated rings. The fourth-order valence-electron chi connectivity index (χ4n) is 5.70. The van der Waals surface area contributed by atoms with Gasteiger partial charge in [0.15, 0.2) is 5.65 Å². The predicted octanol–water partition coefficient (Wildman–Crippen LogP) is 3.80. The Balaban J connectivity index is 1.34. The van der Waals surface area contributed by atoms with Crippen LogP contribution in [0.2, 0.25) is 0 Å². The number of alkyl halides is 3. The molecule has 2 aromatic heterocycles. The third-order valence-electron chi connectivity index (χ3n) is 7.67. The van der Waals surface area contributed by atoms with Gasteiger partial charge in [0.05, 0.1) is 29.5 Å². The van der Waals surface area contributed by atoms with Crippen molar-refractivity contribution in [3.8, 4) is 0 Å². The van der Waals surface area contributed by atoms with Gasteiger partial charge in [-0.2, -0.15) is 18.3 Å². The number of anilines is 1. The van der Waals surface area contributed by atoms with E-state index in [0.717, 1.165) is 57.1 Å². The number of fused-ring (bicyclic) bond motifs is 1. The Hall–Kier alpha value is -3.25. The van der Waals surface area contributed by atoms with Gasteiger partial charge in [-0.15, -0.1) is 0 Å². The third-order valence-corrected chi connectivity index (χ3v) is 7.67. The number of nitrogens with one attached hydrogen (secondary N) is 1. The van der Waals surface area contributed by atoms with Crippen molar-refractivity contribution in [2.45, 2.75) is 56.9 Å². The summed E-state index contributed by atoms with van der Waals surface area (Å²) in [6.45, 7) is 4.07. The number of aromatic nitrogens is 3. The molecule has 2 aliphatic heterocycles. The van der Waals surface area contributed by atoms with Gasteiger partial charge < -0.3 is 15.3 Å². The van der Waals surface area contributed by atoms with Gasteiger partial charge in [0.2, 0.25) is 0 Å². The van der Waals surface area contributed by atoms with Crippen molar-refractivity contribution in [1.29, 1.82) is 0 Å². The number of piperidine rings is 1. The minimum atomic E-state index is -4.84. The van der Waals surface area contributed by atoms with Crippen LogP contribution in [0.15, 0.2) is 36.8 Å². The molecule has 204 valence electrons. The van der Waals surface area contributed by atoms with E-state index in [1.165, 1.54) is 30.0 Å². The molecule has 4 heterocycles. The highest BCUT2D eigenvalue weighted by atomic mass is 19.4. The second-order valence-corrected chi connectivity index (χ2v) is 9.98. The van der Waals surface area contributed by atoms with Crippen LogP contribution < -0.4 is 10.2 Å². The largest absolute Gasteiger partial charge is 0.419 e. The summed E-state index contributed by atoms with van der Waals surface area (Å²) in [5.74, 6) is -1.96. The van der Waals surface area contributed by atoms with E-state index in [4.69, 9.17) is 0 Å². The molecule has 0 bridgehead atoms. The second-order valence-electron chi connectivity index (χ2n) is 9.98. The smallest absolute Gasteiger partial charge is 0.395 e. The lowest BCUT2D eigenvalue weighted by atomic mass is 10.0. The number of nitrogens with zero attached hydrogens (tertiary/aromatic N) is 5. The molecule has 1 amide bonds. The van der Waals surface area contributed by atoms with Gasteiger partial charge in [-0.05, 0) is 51.3 Å². The van der Waals surface area contributed by atoms with E-state index in [9.17, 15) is 27.5 Å². The van der Waals surface area contributed by atoms with E-state index in [1.807, 2.05) is 0 Å². The van der Waals surface area contributed by atoms with Crippen LogP contribution in [-0.2, 0) is 6.18 Å². The maximum absolute atomic E-state index is 14.6. The monoisotopic (exact) mass is 534 g/mol. The Labute approximate surface area is 217 Å². The number of halogens is 4. The number of hydrogen-bond donors (Lipinski definition) is 2. The molecule has 2 N–H and O–H groups in total. The average molecular weight is 535 g/mol. The van der Waals surface area contributed by atoms with Crippen molar-refractivity contribution in [2.75, 3.05) is 31.1 Å². The zero-order valence-electron chi connectivity index (χ0n) is 21.0. The summed E-state index contributed by atoms with van der Waals surface area (Å²) in [5, 5.41) is 16.5. The van der Waals surface area contributed by atoms with E-state index in [0.29, 0.717) is 17.8 Å². The summed E-state index contributed by atoms with van der Waals surface area (Å²) < 4.78 is 55.6. The summed E-state index contributed by atoms with van der Waals surface area (Å²) in [4.78, 5) is 22.1. The quantitative estimate of drug-likeness (QED) is 0.468. The fraction of sp³-hybridized carbons (Fsp3) is 0.500. The van der Waals surface area contributed by atoms with Gasteiger partial charge in [0.1, 0.15) is 12.1 Å². The van der Waals surface area contributed by atoms with Crippen molar-refractivity contribution in [1.82, 2.24) is 24.8 Å². The second kappa shape index (κ2) is 10.5. The number of aliphatic hydroxyl groups is 1. The minimum absolute atomic E-state index is 0.167. The molecule has 8 nitrogen and oxygen atoms in total. The maximum atomic E-state index is 14.6. The molecular formula is C26H30F4N6O2. The third kappa shape index (κ3) is 5.06. The molecule has 0 spiro atoms. The van der Waals surface area contributed by atoms with Crippen LogP contribution in [0.25, 0.3) is 5.65 Å². The van der Waals surface area contributed by atoms with Gasteiger partial charge in [0, 0.05) is 36.9 Å². The molecule has 38 heavy (non-hydrogen) atoms. The first-order chi connectivity index (χ1) is 18.2. The minimum Gasteiger partial charge on any atom is -0.395 e. The first kappa shape index (κ1) is 26.4. The number of rotatable bonds is 6. The van der Waals surface area contributed by atoms with Gasteiger partial charge in [-0.25, -0.2) is 13.9 Å². The lowest BCUT2D eigenvalue weighted by Gasteiger charge is -2.40. The normalized spacial score (nSPS) is 20.3. The first-order valence-electron chi connectivity index (χ1n) is 12.8. The fourth-order valence-corrected chi connectivity index (χ4v) is 5.70. The van der Waals surface area contributed by atoms with E-state index < -0.39 is 29.5 Å². The molecule has 0 unspecified atom stereocenters. The SMILES string of the molecule is C[C@@H](NC(=O)c1cc(N2CCC(N3CCC[C@H]3CO)CC2)c2ncnn2c1)c1cccc(C(F)(F)F)c1F. The average Bonchev–Trinajstić information content (AvgIpc) is 3.57. The summed E-state index contributed by atoms with van der Waals surface area (Å²) in [6, 6.07) is 4.32. The summed E-state index contributed by atoms with van der Waals surface area (Å²) in [5.41, 5.74) is -0.0669. The van der Waals surface area contributed by atoms with Crippen molar-refractivity contribution < 1.29 is 27.5 Å². The topological polar surface area (TPSA) is 86.0 Å². The van der Waals surface area contributed by atoms with E-state index >= 15 is 0 Å². The molecule has 5 rings (SSSR count). The van der Waals surface area contributed by atoms with Crippen molar-refractivity contribution >= 4 is 17.2 Å². The van der Waals surface area contributed by atoms with Crippen molar-refractivity contribution in [3.05, 3.63) is 59.3 Å².